The maximum atomic E-state index is 5.84. The summed E-state index contributed by atoms with van der Waals surface area (Å²) in [5.74, 6) is 0.919. The van der Waals surface area contributed by atoms with Gasteiger partial charge in [0.05, 0.1) is 0 Å². The summed E-state index contributed by atoms with van der Waals surface area (Å²) in [7, 11) is 0. The Labute approximate surface area is 131 Å². The first kappa shape index (κ1) is 16.0. The topological polar surface area (TPSA) is 34.2 Å². The van der Waals surface area contributed by atoms with Crippen LogP contribution in [0.3, 0.4) is 0 Å². The second-order valence-corrected chi connectivity index (χ2v) is 6.72. The van der Waals surface area contributed by atoms with Crippen LogP contribution in [0.5, 0.6) is 5.75 Å². The molecule has 3 nitrogen and oxygen atoms in total. The molecule has 1 atom stereocenters. The number of nitrogens with one attached hydrogen (secondary N) is 1. The van der Waals surface area contributed by atoms with Crippen molar-refractivity contribution >= 4 is 11.3 Å². The van der Waals surface area contributed by atoms with Gasteiger partial charge in [-0.05, 0) is 50.5 Å². The summed E-state index contributed by atoms with van der Waals surface area (Å²) < 4.78 is 5.84. The number of aromatic nitrogens is 1. The lowest BCUT2D eigenvalue weighted by Gasteiger charge is -2.09. The summed E-state index contributed by atoms with van der Waals surface area (Å²) in [5, 5.41) is 4.50. The van der Waals surface area contributed by atoms with E-state index < -0.39 is 0 Å². The van der Waals surface area contributed by atoms with Crippen molar-refractivity contribution in [1.29, 1.82) is 0 Å². The first-order chi connectivity index (χ1) is 10.1. The molecular formula is C17H24N2OS. The molecule has 0 radical (unpaired) electrons. The number of thiazole rings is 1. The van der Waals surface area contributed by atoms with E-state index in [1.165, 1.54) is 16.0 Å². The van der Waals surface area contributed by atoms with Crippen LogP contribution >= 0.6 is 11.3 Å². The largest absolute Gasteiger partial charge is 0.486 e. The smallest absolute Gasteiger partial charge is 0.140 e. The molecule has 0 aliphatic heterocycles. The fourth-order valence-electron chi connectivity index (χ4n) is 2.08. The minimum absolute atomic E-state index is 0.539. The number of benzene rings is 1. The SMILES string of the molecule is CCC(C)NCc1cnc(COc2cc(C)cc(C)c2)s1. The van der Waals surface area contributed by atoms with E-state index in [4.69, 9.17) is 4.74 Å². The van der Waals surface area contributed by atoms with Crippen LogP contribution in [0.25, 0.3) is 0 Å². The second kappa shape index (κ2) is 7.57. The van der Waals surface area contributed by atoms with Gasteiger partial charge in [0.25, 0.3) is 0 Å². The normalized spacial score (nSPS) is 12.4. The van der Waals surface area contributed by atoms with Crippen molar-refractivity contribution in [3.8, 4) is 5.75 Å². The Morgan fingerprint density at radius 2 is 1.95 bits per heavy atom. The van der Waals surface area contributed by atoms with Gasteiger partial charge in [-0.1, -0.05) is 13.0 Å². The Bertz CT molecular complexity index is 560. The highest BCUT2D eigenvalue weighted by molar-refractivity contribution is 7.11. The average Bonchev–Trinajstić information content (AvgIpc) is 2.89. The quantitative estimate of drug-likeness (QED) is 0.831. The minimum Gasteiger partial charge on any atom is -0.486 e. The van der Waals surface area contributed by atoms with Crippen LogP contribution in [0.2, 0.25) is 0 Å². The van der Waals surface area contributed by atoms with Gasteiger partial charge in [-0.15, -0.1) is 11.3 Å². The third-order valence-electron chi connectivity index (χ3n) is 3.40. The maximum Gasteiger partial charge on any atom is 0.140 e. The zero-order valence-corrected chi connectivity index (χ0v) is 14.1. The summed E-state index contributed by atoms with van der Waals surface area (Å²) in [5.41, 5.74) is 2.45. The fraction of sp³-hybridized carbons (Fsp3) is 0.471. The van der Waals surface area contributed by atoms with E-state index >= 15 is 0 Å². The van der Waals surface area contributed by atoms with Gasteiger partial charge >= 0.3 is 0 Å². The highest BCUT2D eigenvalue weighted by Gasteiger charge is 2.05. The Hall–Kier alpha value is -1.39. The lowest BCUT2D eigenvalue weighted by atomic mass is 10.1. The third kappa shape index (κ3) is 5.14. The van der Waals surface area contributed by atoms with Crippen molar-refractivity contribution in [3.05, 3.63) is 45.4 Å². The first-order valence-corrected chi connectivity index (χ1v) is 8.26. The van der Waals surface area contributed by atoms with Crippen molar-refractivity contribution in [2.45, 2.75) is 53.3 Å². The number of rotatable bonds is 7. The fourth-order valence-corrected chi connectivity index (χ4v) is 2.86. The van der Waals surface area contributed by atoms with Crippen molar-refractivity contribution in [1.82, 2.24) is 10.3 Å². The maximum absolute atomic E-state index is 5.84. The number of ether oxygens (including phenoxy) is 1. The molecule has 114 valence electrons. The Morgan fingerprint density at radius 3 is 2.62 bits per heavy atom. The minimum atomic E-state index is 0.539. The molecule has 1 N–H and O–H groups in total. The molecular weight excluding hydrogens is 280 g/mol. The Morgan fingerprint density at radius 1 is 1.24 bits per heavy atom. The lowest BCUT2D eigenvalue weighted by molar-refractivity contribution is 0.305. The number of hydrogen-bond acceptors (Lipinski definition) is 4. The highest BCUT2D eigenvalue weighted by Crippen LogP contribution is 2.19. The molecule has 0 fully saturated rings. The third-order valence-corrected chi connectivity index (χ3v) is 4.37. The molecule has 1 heterocycles. The van der Waals surface area contributed by atoms with E-state index in [1.54, 1.807) is 11.3 Å². The second-order valence-electron chi connectivity index (χ2n) is 5.52. The van der Waals surface area contributed by atoms with Gasteiger partial charge < -0.3 is 10.1 Å². The standard InChI is InChI=1S/C17H24N2OS/c1-5-14(4)18-9-16-10-19-17(21-16)11-20-15-7-12(2)6-13(3)8-15/h6-8,10,14,18H,5,9,11H2,1-4H3. The van der Waals surface area contributed by atoms with Gasteiger partial charge in [0.2, 0.25) is 0 Å². The van der Waals surface area contributed by atoms with E-state index in [9.17, 15) is 0 Å². The van der Waals surface area contributed by atoms with Gasteiger partial charge in [0.1, 0.15) is 17.4 Å². The van der Waals surface area contributed by atoms with E-state index in [-0.39, 0.29) is 0 Å². The van der Waals surface area contributed by atoms with Gasteiger partial charge in [-0.25, -0.2) is 4.98 Å². The molecule has 1 aromatic carbocycles. The molecule has 2 rings (SSSR count). The summed E-state index contributed by atoms with van der Waals surface area (Å²) in [4.78, 5) is 5.69. The number of hydrogen-bond donors (Lipinski definition) is 1. The number of aryl methyl sites for hydroxylation is 2. The monoisotopic (exact) mass is 304 g/mol. The highest BCUT2D eigenvalue weighted by atomic mass is 32.1. The van der Waals surface area contributed by atoms with Gasteiger partial charge in [0, 0.05) is 23.7 Å². The molecule has 0 aliphatic rings. The van der Waals surface area contributed by atoms with Gasteiger partial charge in [-0.2, -0.15) is 0 Å². The molecule has 1 unspecified atom stereocenters. The molecule has 21 heavy (non-hydrogen) atoms. The van der Waals surface area contributed by atoms with E-state index in [0.29, 0.717) is 12.6 Å². The molecule has 0 bridgehead atoms. The molecule has 0 spiro atoms. The molecule has 0 saturated heterocycles. The van der Waals surface area contributed by atoms with Crippen LogP contribution in [0.15, 0.2) is 24.4 Å². The van der Waals surface area contributed by atoms with E-state index in [2.05, 4.69) is 56.2 Å². The Kier molecular flexibility index (Phi) is 5.76. The molecule has 0 aliphatic carbocycles. The van der Waals surface area contributed by atoms with E-state index in [1.807, 2.05) is 6.20 Å². The van der Waals surface area contributed by atoms with Crippen LogP contribution in [0.1, 0.15) is 41.3 Å². The van der Waals surface area contributed by atoms with Gasteiger partial charge in [0.15, 0.2) is 0 Å². The molecule has 1 aromatic heterocycles. The Balaban J connectivity index is 1.87. The number of nitrogens with zero attached hydrogens (tertiary/aromatic N) is 1. The first-order valence-electron chi connectivity index (χ1n) is 7.45. The lowest BCUT2D eigenvalue weighted by Crippen LogP contribution is -2.23. The van der Waals surface area contributed by atoms with Crippen molar-refractivity contribution in [2.24, 2.45) is 0 Å². The van der Waals surface area contributed by atoms with Crippen LogP contribution in [-0.4, -0.2) is 11.0 Å². The summed E-state index contributed by atoms with van der Waals surface area (Å²) in [6.07, 6.45) is 3.09. The van der Waals surface area contributed by atoms with Crippen molar-refractivity contribution in [3.63, 3.8) is 0 Å². The van der Waals surface area contributed by atoms with Crippen LogP contribution in [0.4, 0.5) is 0 Å². The predicted octanol–water partition coefficient (Wildman–Crippen LogP) is 4.23. The zero-order valence-electron chi connectivity index (χ0n) is 13.3. The summed E-state index contributed by atoms with van der Waals surface area (Å²) in [6, 6.07) is 6.81. The van der Waals surface area contributed by atoms with Crippen LogP contribution in [0, 0.1) is 13.8 Å². The molecule has 0 saturated carbocycles. The zero-order chi connectivity index (χ0) is 15.2. The summed E-state index contributed by atoms with van der Waals surface area (Å²) in [6.45, 7) is 9.98. The van der Waals surface area contributed by atoms with Crippen LogP contribution in [-0.2, 0) is 13.2 Å². The average molecular weight is 304 g/mol. The van der Waals surface area contributed by atoms with Gasteiger partial charge in [-0.3, -0.25) is 0 Å². The van der Waals surface area contributed by atoms with Crippen LogP contribution < -0.4 is 10.1 Å². The molecule has 4 heteroatoms. The van der Waals surface area contributed by atoms with E-state index in [0.717, 1.165) is 23.7 Å². The van der Waals surface area contributed by atoms with Crippen molar-refractivity contribution < 1.29 is 4.74 Å². The molecule has 2 aromatic rings. The summed E-state index contributed by atoms with van der Waals surface area (Å²) >= 11 is 1.71. The molecule has 0 amide bonds. The van der Waals surface area contributed by atoms with Crippen molar-refractivity contribution in [2.75, 3.05) is 0 Å². The predicted molar refractivity (Wildman–Crippen MR) is 89.0 cm³/mol.